The molecule has 1 aromatic rings. The quantitative estimate of drug-likeness (QED) is 0.714. The Morgan fingerprint density at radius 1 is 1.38 bits per heavy atom. The van der Waals surface area contributed by atoms with Crippen molar-refractivity contribution in [3.8, 4) is 5.75 Å². The minimum absolute atomic E-state index is 0.0670. The summed E-state index contributed by atoms with van der Waals surface area (Å²) in [7, 11) is 2.85. The average molecular weight is 317 g/mol. The summed E-state index contributed by atoms with van der Waals surface area (Å²) in [5.41, 5.74) is 0.412. The Balaban J connectivity index is 2.57. The molecular weight excluding hydrogens is 300 g/mol. The lowest BCUT2D eigenvalue weighted by Crippen LogP contribution is -2.37. The normalized spacial score (nSPS) is 11.6. The Labute approximate surface area is 127 Å². The van der Waals surface area contributed by atoms with E-state index < -0.39 is 18.1 Å². The molecule has 0 aliphatic heterocycles. The number of carbonyl (C=O) groups is 2. The molecular formula is C13H17ClN2O5. The zero-order valence-corrected chi connectivity index (χ0v) is 12.4. The molecule has 116 valence electrons. The average Bonchev–Trinajstić information content (AvgIpc) is 2.43. The van der Waals surface area contributed by atoms with E-state index in [0.29, 0.717) is 16.5 Å². The number of ether oxygens (including phenoxy) is 2. The highest BCUT2D eigenvalue weighted by molar-refractivity contribution is 6.31. The molecule has 0 radical (unpaired) electrons. The number of nitrogens with one attached hydrogen (secondary N) is 2. The third-order valence-electron chi connectivity index (χ3n) is 2.64. The van der Waals surface area contributed by atoms with Crippen molar-refractivity contribution in [2.24, 2.45) is 0 Å². The molecule has 0 heterocycles. The predicted octanol–water partition coefficient (Wildman–Crippen LogP) is 1.96. The third kappa shape index (κ3) is 5.88. The van der Waals surface area contributed by atoms with E-state index in [1.165, 1.54) is 14.2 Å². The van der Waals surface area contributed by atoms with Gasteiger partial charge < -0.3 is 25.2 Å². The van der Waals surface area contributed by atoms with Gasteiger partial charge >= 0.3 is 12.0 Å². The number of amides is 2. The van der Waals surface area contributed by atoms with Crippen LogP contribution in [0.1, 0.15) is 6.42 Å². The van der Waals surface area contributed by atoms with Crippen molar-refractivity contribution in [1.29, 1.82) is 0 Å². The van der Waals surface area contributed by atoms with Crippen molar-refractivity contribution in [3.05, 3.63) is 23.2 Å². The van der Waals surface area contributed by atoms with Crippen LogP contribution in [0.4, 0.5) is 10.5 Å². The Bertz CT molecular complexity index is 509. The highest BCUT2D eigenvalue weighted by Crippen LogP contribution is 2.27. The minimum atomic E-state index is -0.999. The number of hydrogen-bond donors (Lipinski definition) is 3. The molecule has 0 saturated heterocycles. The first-order valence-corrected chi connectivity index (χ1v) is 6.47. The van der Waals surface area contributed by atoms with Gasteiger partial charge in [-0.2, -0.15) is 0 Å². The maximum Gasteiger partial charge on any atom is 0.319 e. The maximum atomic E-state index is 11.8. The summed E-state index contributed by atoms with van der Waals surface area (Å²) < 4.78 is 10.1. The van der Waals surface area contributed by atoms with E-state index in [9.17, 15) is 9.59 Å². The molecule has 1 rings (SSSR count). The fraction of sp³-hybridized carbons (Fsp3) is 0.385. The van der Waals surface area contributed by atoms with Gasteiger partial charge in [0.25, 0.3) is 0 Å². The van der Waals surface area contributed by atoms with E-state index in [1.807, 2.05) is 0 Å². The number of carboxylic acids is 1. The van der Waals surface area contributed by atoms with Gasteiger partial charge in [-0.25, -0.2) is 4.79 Å². The molecule has 1 atom stereocenters. The lowest BCUT2D eigenvalue weighted by molar-refractivity contribution is -0.139. The van der Waals surface area contributed by atoms with Crippen LogP contribution in [-0.4, -0.2) is 44.0 Å². The molecule has 0 saturated carbocycles. The zero-order valence-electron chi connectivity index (χ0n) is 11.7. The van der Waals surface area contributed by atoms with Crippen LogP contribution in [0.25, 0.3) is 0 Å². The van der Waals surface area contributed by atoms with Gasteiger partial charge in [0.05, 0.1) is 25.3 Å². The van der Waals surface area contributed by atoms with Crippen LogP contribution in [-0.2, 0) is 9.53 Å². The first-order chi connectivity index (χ1) is 9.96. The Morgan fingerprint density at radius 3 is 2.67 bits per heavy atom. The van der Waals surface area contributed by atoms with Crippen molar-refractivity contribution in [2.75, 3.05) is 26.1 Å². The number of hydrogen-bond acceptors (Lipinski definition) is 4. The molecule has 21 heavy (non-hydrogen) atoms. The maximum absolute atomic E-state index is 11.8. The monoisotopic (exact) mass is 316 g/mol. The standard InChI is InChI=1S/C13H17ClN2O5/c1-20-9(6-12(17)18)7-15-13(19)16-10-5-8(14)3-4-11(10)21-2/h3-5,9H,6-7H2,1-2H3,(H,17,18)(H2,15,16,19). The number of aliphatic carboxylic acids is 1. The summed E-state index contributed by atoms with van der Waals surface area (Å²) in [5, 5.41) is 14.2. The van der Waals surface area contributed by atoms with E-state index in [4.69, 9.17) is 26.2 Å². The van der Waals surface area contributed by atoms with Crippen LogP contribution < -0.4 is 15.4 Å². The molecule has 1 aromatic carbocycles. The SMILES string of the molecule is COc1ccc(Cl)cc1NC(=O)NCC(CC(=O)O)OC. The van der Waals surface area contributed by atoms with Crippen LogP contribution in [0.3, 0.4) is 0 Å². The van der Waals surface area contributed by atoms with Gasteiger partial charge in [0.15, 0.2) is 0 Å². The lowest BCUT2D eigenvalue weighted by atomic mass is 10.2. The molecule has 2 amide bonds. The third-order valence-corrected chi connectivity index (χ3v) is 2.87. The van der Waals surface area contributed by atoms with E-state index in [0.717, 1.165) is 0 Å². The Morgan fingerprint density at radius 2 is 2.10 bits per heavy atom. The van der Waals surface area contributed by atoms with Crippen LogP contribution in [0, 0.1) is 0 Å². The molecule has 0 spiro atoms. The number of benzene rings is 1. The first kappa shape index (κ1) is 17.1. The van der Waals surface area contributed by atoms with Gasteiger partial charge in [-0.15, -0.1) is 0 Å². The van der Waals surface area contributed by atoms with Crippen molar-refractivity contribution < 1.29 is 24.2 Å². The molecule has 1 unspecified atom stereocenters. The number of carbonyl (C=O) groups excluding carboxylic acids is 1. The largest absolute Gasteiger partial charge is 0.495 e. The predicted molar refractivity (Wildman–Crippen MR) is 78.1 cm³/mol. The second-order valence-corrected chi connectivity index (χ2v) is 4.57. The summed E-state index contributed by atoms with van der Waals surface area (Å²) in [5.74, 6) is -0.538. The van der Waals surface area contributed by atoms with Crippen LogP contribution in [0.15, 0.2) is 18.2 Å². The highest BCUT2D eigenvalue weighted by atomic mass is 35.5. The number of methoxy groups -OCH3 is 2. The smallest absolute Gasteiger partial charge is 0.319 e. The second-order valence-electron chi connectivity index (χ2n) is 4.14. The van der Waals surface area contributed by atoms with E-state index in [2.05, 4.69) is 10.6 Å². The number of anilines is 1. The summed E-state index contributed by atoms with van der Waals surface area (Å²) in [6.07, 6.45) is -0.799. The van der Waals surface area contributed by atoms with Gasteiger partial charge in [-0.1, -0.05) is 11.6 Å². The van der Waals surface area contributed by atoms with E-state index >= 15 is 0 Å². The number of urea groups is 1. The van der Waals surface area contributed by atoms with Gasteiger partial charge in [0.1, 0.15) is 5.75 Å². The highest BCUT2D eigenvalue weighted by Gasteiger charge is 2.14. The first-order valence-electron chi connectivity index (χ1n) is 6.09. The summed E-state index contributed by atoms with van der Waals surface area (Å²) >= 11 is 5.85. The number of halogens is 1. The van der Waals surface area contributed by atoms with Gasteiger partial charge in [0.2, 0.25) is 0 Å². The summed E-state index contributed by atoms with van der Waals surface area (Å²) in [6.45, 7) is 0.0670. The van der Waals surface area contributed by atoms with E-state index in [-0.39, 0.29) is 13.0 Å². The minimum Gasteiger partial charge on any atom is -0.495 e. The zero-order chi connectivity index (χ0) is 15.8. The van der Waals surface area contributed by atoms with Crippen LogP contribution >= 0.6 is 11.6 Å². The van der Waals surface area contributed by atoms with E-state index in [1.54, 1.807) is 18.2 Å². The molecule has 0 aliphatic carbocycles. The van der Waals surface area contributed by atoms with Gasteiger partial charge in [-0.05, 0) is 18.2 Å². The Kier molecular flexibility index (Phi) is 6.77. The summed E-state index contributed by atoms with van der Waals surface area (Å²) in [4.78, 5) is 22.4. The van der Waals surface area contributed by atoms with Gasteiger partial charge in [-0.3, -0.25) is 4.79 Å². The van der Waals surface area contributed by atoms with Crippen LogP contribution in [0.5, 0.6) is 5.75 Å². The summed E-state index contributed by atoms with van der Waals surface area (Å²) in [6, 6.07) is 4.30. The lowest BCUT2D eigenvalue weighted by Gasteiger charge is -2.15. The fourth-order valence-electron chi connectivity index (χ4n) is 1.58. The van der Waals surface area contributed by atoms with Crippen molar-refractivity contribution in [2.45, 2.75) is 12.5 Å². The molecule has 8 heteroatoms. The van der Waals surface area contributed by atoms with Gasteiger partial charge in [0, 0.05) is 18.7 Å². The Hall–Kier alpha value is -1.99. The fourth-order valence-corrected chi connectivity index (χ4v) is 1.76. The van der Waals surface area contributed by atoms with Crippen molar-refractivity contribution in [1.82, 2.24) is 5.32 Å². The molecule has 0 fully saturated rings. The molecule has 0 aromatic heterocycles. The number of rotatable bonds is 7. The van der Waals surface area contributed by atoms with Crippen molar-refractivity contribution >= 4 is 29.3 Å². The number of carboxylic acid groups (broad SMARTS) is 1. The molecule has 0 bridgehead atoms. The molecule has 0 aliphatic rings. The second kappa shape index (κ2) is 8.33. The van der Waals surface area contributed by atoms with Crippen LogP contribution in [0.2, 0.25) is 5.02 Å². The molecule has 7 nitrogen and oxygen atoms in total. The molecule has 3 N–H and O–H groups in total. The topological polar surface area (TPSA) is 96.9 Å². The van der Waals surface area contributed by atoms with Crippen molar-refractivity contribution in [3.63, 3.8) is 0 Å².